The molecule has 1 rings (SSSR count). The fourth-order valence-electron chi connectivity index (χ4n) is 0.868. The normalized spacial score (nSPS) is 13.4. The molecular formula is C7H11ClN2O. The van der Waals surface area contributed by atoms with E-state index in [9.17, 15) is 0 Å². The fraction of sp³-hybridized carbons (Fsp3) is 0.571. The SMILES string of the molecule is Cn1ccc(CC(O)CCl)n1. The minimum Gasteiger partial charge on any atom is -0.391 e. The minimum absolute atomic E-state index is 0.260. The van der Waals surface area contributed by atoms with Gasteiger partial charge in [0.2, 0.25) is 0 Å². The molecule has 11 heavy (non-hydrogen) atoms. The number of nitrogens with zero attached hydrogens (tertiary/aromatic N) is 2. The maximum atomic E-state index is 9.14. The van der Waals surface area contributed by atoms with Gasteiger partial charge in [-0.2, -0.15) is 5.10 Å². The van der Waals surface area contributed by atoms with E-state index < -0.39 is 6.10 Å². The maximum absolute atomic E-state index is 9.14. The van der Waals surface area contributed by atoms with Crippen molar-refractivity contribution in [2.24, 2.45) is 7.05 Å². The standard InChI is InChI=1S/C7H11ClN2O/c1-10-3-2-6(9-10)4-7(11)5-8/h2-3,7,11H,4-5H2,1H3. The van der Waals surface area contributed by atoms with E-state index in [2.05, 4.69) is 5.10 Å². The quantitative estimate of drug-likeness (QED) is 0.681. The number of halogens is 1. The van der Waals surface area contributed by atoms with E-state index in [-0.39, 0.29) is 5.88 Å². The molecule has 1 aromatic rings. The number of hydrogen-bond acceptors (Lipinski definition) is 2. The second-order valence-corrected chi connectivity index (χ2v) is 2.80. The zero-order valence-electron chi connectivity index (χ0n) is 6.37. The van der Waals surface area contributed by atoms with Crippen LogP contribution >= 0.6 is 11.6 Å². The van der Waals surface area contributed by atoms with Crippen LogP contribution in [0.3, 0.4) is 0 Å². The lowest BCUT2D eigenvalue weighted by Gasteiger charge is -2.01. The Morgan fingerprint density at radius 3 is 3.00 bits per heavy atom. The van der Waals surface area contributed by atoms with Gasteiger partial charge in [0.15, 0.2) is 0 Å². The lowest BCUT2D eigenvalue weighted by atomic mass is 10.2. The smallest absolute Gasteiger partial charge is 0.0731 e. The van der Waals surface area contributed by atoms with Crippen molar-refractivity contribution in [1.82, 2.24) is 9.78 Å². The Morgan fingerprint density at radius 1 is 1.82 bits per heavy atom. The Kier molecular flexibility index (Phi) is 2.91. The molecule has 1 atom stereocenters. The summed E-state index contributed by atoms with van der Waals surface area (Å²) in [7, 11) is 1.84. The highest BCUT2D eigenvalue weighted by molar-refractivity contribution is 6.18. The number of aromatic nitrogens is 2. The number of aliphatic hydroxyl groups is 1. The summed E-state index contributed by atoms with van der Waals surface area (Å²) in [6, 6.07) is 1.87. The highest BCUT2D eigenvalue weighted by Crippen LogP contribution is 2.00. The number of alkyl halides is 1. The molecule has 1 heterocycles. The highest BCUT2D eigenvalue weighted by atomic mass is 35.5. The molecule has 0 spiro atoms. The third-order valence-electron chi connectivity index (χ3n) is 1.39. The van der Waals surface area contributed by atoms with E-state index in [1.54, 1.807) is 4.68 Å². The van der Waals surface area contributed by atoms with E-state index in [0.717, 1.165) is 5.69 Å². The molecule has 0 saturated carbocycles. The summed E-state index contributed by atoms with van der Waals surface area (Å²) in [4.78, 5) is 0. The molecule has 1 N–H and O–H groups in total. The average Bonchev–Trinajstić information content (AvgIpc) is 2.35. The van der Waals surface area contributed by atoms with Crippen LogP contribution in [0.5, 0.6) is 0 Å². The van der Waals surface area contributed by atoms with Crippen molar-refractivity contribution in [2.75, 3.05) is 5.88 Å². The first-order valence-corrected chi connectivity index (χ1v) is 3.98. The molecule has 0 aliphatic rings. The molecule has 1 aromatic heterocycles. The minimum atomic E-state index is -0.480. The van der Waals surface area contributed by atoms with Gasteiger partial charge >= 0.3 is 0 Å². The fourth-order valence-corrected chi connectivity index (χ4v) is 0.977. The van der Waals surface area contributed by atoms with Crippen LogP contribution in [0.15, 0.2) is 12.3 Å². The van der Waals surface area contributed by atoms with Crippen LogP contribution in [0.1, 0.15) is 5.69 Å². The first kappa shape index (κ1) is 8.56. The van der Waals surface area contributed by atoms with Crippen LogP contribution in [0, 0.1) is 0 Å². The summed E-state index contributed by atoms with van der Waals surface area (Å²) in [5, 5.41) is 13.2. The van der Waals surface area contributed by atoms with Gasteiger partial charge in [-0.1, -0.05) is 0 Å². The molecule has 0 radical (unpaired) electrons. The zero-order valence-corrected chi connectivity index (χ0v) is 7.12. The highest BCUT2D eigenvalue weighted by Gasteiger charge is 2.04. The molecule has 62 valence electrons. The zero-order chi connectivity index (χ0) is 8.27. The van der Waals surface area contributed by atoms with Crippen LogP contribution in [-0.2, 0) is 13.5 Å². The Labute approximate surface area is 70.6 Å². The van der Waals surface area contributed by atoms with E-state index in [4.69, 9.17) is 16.7 Å². The molecule has 0 aliphatic heterocycles. The van der Waals surface area contributed by atoms with E-state index in [1.165, 1.54) is 0 Å². The molecule has 0 amide bonds. The van der Waals surface area contributed by atoms with Crippen LogP contribution in [-0.4, -0.2) is 26.9 Å². The van der Waals surface area contributed by atoms with Gasteiger partial charge in [-0.25, -0.2) is 0 Å². The third-order valence-corrected chi connectivity index (χ3v) is 1.75. The van der Waals surface area contributed by atoms with Gasteiger partial charge in [-0.05, 0) is 6.07 Å². The van der Waals surface area contributed by atoms with Gasteiger partial charge in [0.25, 0.3) is 0 Å². The summed E-state index contributed by atoms with van der Waals surface area (Å²) >= 11 is 5.42. The lowest BCUT2D eigenvalue weighted by Crippen LogP contribution is -2.12. The van der Waals surface area contributed by atoms with E-state index in [0.29, 0.717) is 6.42 Å². The second kappa shape index (κ2) is 3.74. The lowest BCUT2D eigenvalue weighted by molar-refractivity contribution is 0.197. The average molecular weight is 175 g/mol. The molecular weight excluding hydrogens is 164 g/mol. The van der Waals surface area contributed by atoms with Crippen molar-refractivity contribution in [3.63, 3.8) is 0 Å². The molecule has 3 nitrogen and oxygen atoms in total. The van der Waals surface area contributed by atoms with Crippen molar-refractivity contribution >= 4 is 11.6 Å². The maximum Gasteiger partial charge on any atom is 0.0731 e. The number of aryl methyl sites for hydroxylation is 1. The number of rotatable bonds is 3. The summed E-state index contributed by atoms with van der Waals surface area (Å²) in [6.45, 7) is 0. The molecule has 4 heteroatoms. The van der Waals surface area contributed by atoms with Crippen molar-refractivity contribution in [1.29, 1.82) is 0 Å². The molecule has 0 bridgehead atoms. The third kappa shape index (κ3) is 2.52. The molecule has 1 unspecified atom stereocenters. The molecule has 0 fully saturated rings. The van der Waals surface area contributed by atoms with Crippen LogP contribution in [0.25, 0.3) is 0 Å². The van der Waals surface area contributed by atoms with Crippen LogP contribution < -0.4 is 0 Å². The Balaban J connectivity index is 2.50. The van der Waals surface area contributed by atoms with Crippen molar-refractivity contribution in [3.8, 4) is 0 Å². The predicted molar refractivity (Wildman–Crippen MR) is 43.6 cm³/mol. The first-order chi connectivity index (χ1) is 5.22. The Bertz CT molecular complexity index is 224. The van der Waals surface area contributed by atoms with Gasteiger partial charge < -0.3 is 5.11 Å². The van der Waals surface area contributed by atoms with Crippen molar-refractivity contribution in [2.45, 2.75) is 12.5 Å². The Hall–Kier alpha value is -0.540. The van der Waals surface area contributed by atoms with Crippen molar-refractivity contribution in [3.05, 3.63) is 18.0 Å². The predicted octanol–water partition coefficient (Wildman–Crippen LogP) is 0.562. The van der Waals surface area contributed by atoms with Gasteiger partial charge in [-0.3, -0.25) is 4.68 Å². The topological polar surface area (TPSA) is 38.0 Å². The molecule has 0 saturated heterocycles. The van der Waals surface area contributed by atoms with Gasteiger partial charge in [0.05, 0.1) is 11.8 Å². The molecule has 0 aliphatic carbocycles. The second-order valence-electron chi connectivity index (χ2n) is 2.49. The largest absolute Gasteiger partial charge is 0.391 e. The van der Waals surface area contributed by atoms with Crippen LogP contribution in [0.4, 0.5) is 0 Å². The van der Waals surface area contributed by atoms with Gasteiger partial charge in [0, 0.05) is 25.5 Å². The van der Waals surface area contributed by atoms with E-state index in [1.807, 2.05) is 19.3 Å². The summed E-state index contributed by atoms with van der Waals surface area (Å²) in [5.41, 5.74) is 0.876. The summed E-state index contributed by atoms with van der Waals surface area (Å²) in [6.07, 6.45) is 1.90. The van der Waals surface area contributed by atoms with Crippen LogP contribution in [0.2, 0.25) is 0 Å². The Morgan fingerprint density at radius 2 is 2.55 bits per heavy atom. The number of hydrogen-bond donors (Lipinski definition) is 1. The van der Waals surface area contributed by atoms with Gasteiger partial charge in [-0.15, -0.1) is 11.6 Å². The van der Waals surface area contributed by atoms with Crippen molar-refractivity contribution < 1.29 is 5.11 Å². The first-order valence-electron chi connectivity index (χ1n) is 3.45. The monoisotopic (exact) mass is 174 g/mol. The summed E-state index contributed by atoms with van der Waals surface area (Å²) < 4.78 is 1.70. The van der Waals surface area contributed by atoms with Gasteiger partial charge in [0.1, 0.15) is 0 Å². The molecule has 0 aromatic carbocycles. The summed E-state index contributed by atoms with van der Waals surface area (Å²) in [5.74, 6) is 0.260. The van der Waals surface area contributed by atoms with E-state index >= 15 is 0 Å². The number of aliphatic hydroxyl groups excluding tert-OH is 1.